The van der Waals surface area contributed by atoms with Crippen LogP contribution >= 0.6 is 0 Å². The van der Waals surface area contributed by atoms with Gasteiger partial charge in [0.2, 0.25) is 5.91 Å². The van der Waals surface area contributed by atoms with Crippen LogP contribution in [0.15, 0.2) is 42.5 Å². The molecular formula is C14H12N4O. The first-order valence-electron chi connectivity index (χ1n) is 5.56. The number of carbonyl (C=O) groups excluding carboxylic acids is 1. The second-order valence-electron chi connectivity index (χ2n) is 3.98. The number of nitrogens with zero attached hydrogens (tertiary/aromatic N) is 1. The first-order chi connectivity index (χ1) is 9.10. The number of nitrogens with one attached hydrogen (secondary N) is 1. The smallest absolute Gasteiger partial charge is 0.248 e. The van der Waals surface area contributed by atoms with Gasteiger partial charge >= 0.3 is 0 Å². The van der Waals surface area contributed by atoms with Gasteiger partial charge in [0.05, 0.1) is 23.0 Å². The van der Waals surface area contributed by atoms with Gasteiger partial charge in [0.15, 0.2) is 0 Å². The van der Waals surface area contributed by atoms with Crippen LogP contribution in [0.5, 0.6) is 0 Å². The van der Waals surface area contributed by atoms with Crippen molar-refractivity contribution in [2.75, 3.05) is 11.1 Å². The lowest BCUT2D eigenvalue weighted by molar-refractivity contribution is 0.100. The van der Waals surface area contributed by atoms with Crippen LogP contribution in [0.3, 0.4) is 0 Å². The number of carbonyl (C=O) groups is 1. The highest BCUT2D eigenvalue weighted by Gasteiger charge is 2.05. The fraction of sp³-hybridized carbons (Fsp3) is 0. The Hall–Kier alpha value is -3.00. The summed E-state index contributed by atoms with van der Waals surface area (Å²) in [5, 5.41) is 11.9. The number of primary amides is 1. The predicted molar refractivity (Wildman–Crippen MR) is 73.8 cm³/mol. The molecule has 0 aliphatic rings. The molecule has 0 atom stereocenters. The SMILES string of the molecule is N#Cc1cccc(Nc2ccc(C(N)=O)cc2N)c1. The molecule has 1 amide bonds. The summed E-state index contributed by atoms with van der Waals surface area (Å²) < 4.78 is 0. The molecule has 2 aromatic rings. The molecule has 0 fully saturated rings. The van der Waals surface area contributed by atoms with Gasteiger partial charge in [-0.15, -0.1) is 0 Å². The maximum absolute atomic E-state index is 11.0. The number of nitriles is 1. The van der Waals surface area contributed by atoms with Gasteiger partial charge in [-0.1, -0.05) is 6.07 Å². The summed E-state index contributed by atoms with van der Waals surface area (Å²) in [5.41, 5.74) is 13.7. The Morgan fingerprint density at radius 3 is 2.63 bits per heavy atom. The Labute approximate surface area is 110 Å². The van der Waals surface area contributed by atoms with E-state index >= 15 is 0 Å². The van der Waals surface area contributed by atoms with Gasteiger partial charge in [-0.2, -0.15) is 5.26 Å². The average Bonchev–Trinajstić information content (AvgIpc) is 2.41. The van der Waals surface area contributed by atoms with Gasteiger partial charge < -0.3 is 16.8 Å². The number of hydrogen-bond acceptors (Lipinski definition) is 4. The Morgan fingerprint density at radius 2 is 2.00 bits per heavy atom. The number of nitrogens with two attached hydrogens (primary N) is 2. The Balaban J connectivity index is 2.28. The van der Waals surface area contributed by atoms with Crippen molar-refractivity contribution >= 4 is 23.0 Å². The van der Waals surface area contributed by atoms with Gasteiger partial charge in [0.25, 0.3) is 0 Å². The van der Waals surface area contributed by atoms with Crippen LogP contribution in [-0.2, 0) is 0 Å². The number of nitrogen functional groups attached to an aromatic ring is 1. The number of benzene rings is 2. The van der Waals surface area contributed by atoms with Crippen molar-refractivity contribution in [2.24, 2.45) is 5.73 Å². The highest BCUT2D eigenvalue weighted by Crippen LogP contribution is 2.24. The Kier molecular flexibility index (Phi) is 3.35. The number of rotatable bonds is 3. The molecule has 2 rings (SSSR count). The lowest BCUT2D eigenvalue weighted by Crippen LogP contribution is -2.11. The molecule has 0 aliphatic carbocycles. The quantitative estimate of drug-likeness (QED) is 0.726. The second-order valence-corrected chi connectivity index (χ2v) is 3.98. The van der Waals surface area contributed by atoms with Crippen molar-refractivity contribution in [3.05, 3.63) is 53.6 Å². The van der Waals surface area contributed by atoms with Crippen LogP contribution in [0.25, 0.3) is 0 Å². The Bertz CT molecular complexity index is 673. The lowest BCUT2D eigenvalue weighted by Gasteiger charge is -2.10. The molecule has 19 heavy (non-hydrogen) atoms. The van der Waals surface area contributed by atoms with E-state index < -0.39 is 5.91 Å². The maximum atomic E-state index is 11.0. The molecule has 0 unspecified atom stereocenters. The van der Waals surface area contributed by atoms with E-state index in [0.29, 0.717) is 22.5 Å². The topological polar surface area (TPSA) is 105 Å². The van der Waals surface area contributed by atoms with Crippen molar-refractivity contribution in [3.8, 4) is 6.07 Å². The summed E-state index contributed by atoms with van der Waals surface area (Å²) in [6.45, 7) is 0. The van der Waals surface area contributed by atoms with E-state index in [9.17, 15) is 4.79 Å². The van der Waals surface area contributed by atoms with Gasteiger partial charge in [-0.3, -0.25) is 4.79 Å². The van der Waals surface area contributed by atoms with Gasteiger partial charge in [-0.05, 0) is 36.4 Å². The van der Waals surface area contributed by atoms with E-state index in [1.165, 1.54) is 6.07 Å². The van der Waals surface area contributed by atoms with Gasteiger partial charge in [0.1, 0.15) is 0 Å². The molecule has 0 saturated carbocycles. The summed E-state index contributed by atoms with van der Waals surface area (Å²) in [6, 6.07) is 13.9. The van der Waals surface area contributed by atoms with Crippen LogP contribution in [0, 0.1) is 11.3 Å². The fourth-order valence-corrected chi connectivity index (χ4v) is 1.65. The number of hydrogen-bond donors (Lipinski definition) is 3. The van der Waals surface area contributed by atoms with Crippen LogP contribution in [0.1, 0.15) is 15.9 Å². The van der Waals surface area contributed by atoms with Crippen LogP contribution < -0.4 is 16.8 Å². The third-order valence-electron chi connectivity index (χ3n) is 2.61. The van der Waals surface area contributed by atoms with Crippen molar-refractivity contribution in [2.45, 2.75) is 0 Å². The lowest BCUT2D eigenvalue weighted by atomic mass is 10.1. The van der Waals surface area contributed by atoms with Crippen LogP contribution in [0.2, 0.25) is 0 Å². The zero-order valence-electron chi connectivity index (χ0n) is 10.1. The van der Waals surface area contributed by atoms with Gasteiger partial charge in [-0.25, -0.2) is 0 Å². The molecule has 0 aliphatic heterocycles. The minimum atomic E-state index is -0.523. The van der Waals surface area contributed by atoms with E-state index in [4.69, 9.17) is 16.7 Å². The fourth-order valence-electron chi connectivity index (χ4n) is 1.65. The normalized spacial score (nSPS) is 9.63. The zero-order chi connectivity index (χ0) is 13.8. The summed E-state index contributed by atoms with van der Waals surface area (Å²) in [5.74, 6) is -0.523. The molecule has 5 heteroatoms. The number of amides is 1. The highest BCUT2D eigenvalue weighted by molar-refractivity contribution is 5.95. The van der Waals surface area contributed by atoms with Crippen LogP contribution in [-0.4, -0.2) is 5.91 Å². The molecule has 0 heterocycles. The molecule has 0 radical (unpaired) electrons. The molecule has 94 valence electrons. The van der Waals surface area contributed by atoms with Crippen molar-refractivity contribution in [3.63, 3.8) is 0 Å². The summed E-state index contributed by atoms with van der Waals surface area (Å²) in [7, 11) is 0. The van der Waals surface area contributed by atoms with Crippen molar-refractivity contribution < 1.29 is 4.79 Å². The number of anilines is 3. The first-order valence-corrected chi connectivity index (χ1v) is 5.56. The summed E-state index contributed by atoms with van der Waals surface area (Å²) >= 11 is 0. The monoisotopic (exact) mass is 252 g/mol. The Morgan fingerprint density at radius 1 is 1.21 bits per heavy atom. The molecular weight excluding hydrogens is 240 g/mol. The third-order valence-corrected chi connectivity index (χ3v) is 2.61. The second kappa shape index (κ2) is 5.10. The summed E-state index contributed by atoms with van der Waals surface area (Å²) in [6.07, 6.45) is 0. The van der Waals surface area contributed by atoms with Gasteiger partial charge in [0, 0.05) is 11.3 Å². The zero-order valence-corrected chi connectivity index (χ0v) is 10.1. The molecule has 0 saturated heterocycles. The van der Waals surface area contributed by atoms with Crippen molar-refractivity contribution in [1.29, 1.82) is 5.26 Å². The van der Waals surface area contributed by atoms with E-state index in [1.54, 1.807) is 30.3 Å². The first kappa shape index (κ1) is 12.5. The van der Waals surface area contributed by atoms with Crippen LogP contribution in [0.4, 0.5) is 17.1 Å². The van der Waals surface area contributed by atoms with E-state index in [0.717, 1.165) is 5.69 Å². The minimum Gasteiger partial charge on any atom is -0.397 e. The molecule has 0 spiro atoms. The third kappa shape index (κ3) is 2.82. The molecule has 2 aromatic carbocycles. The van der Waals surface area contributed by atoms with Crippen molar-refractivity contribution in [1.82, 2.24) is 0 Å². The molecule has 0 aromatic heterocycles. The largest absolute Gasteiger partial charge is 0.397 e. The molecule has 5 nitrogen and oxygen atoms in total. The average molecular weight is 252 g/mol. The standard InChI is InChI=1S/C14H12N4O/c15-8-9-2-1-3-11(6-9)18-13-5-4-10(14(17)19)7-12(13)16/h1-7,18H,16H2,(H2,17,19). The molecule has 5 N–H and O–H groups in total. The van der Waals surface area contributed by atoms with E-state index in [-0.39, 0.29) is 0 Å². The maximum Gasteiger partial charge on any atom is 0.248 e. The summed E-state index contributed by atoms with van der Waals surface area (Å²) in [4.78, 5) is 11.0. The van der Waals surface area contributed by atoms with E-state index in [1.807, 2.05) is 6.07 Å². The minimum absolute atomic E-state index is 0.355. The van der Waals surface area contributed by atoms with E-state index in [2.05, 4.69) is 11.4 Å². The predicted octanol–water partition coefficient (Wildman–Crippen LogP) is 1.98. The molecule has 0 bridgehead atoms. The highest BCUT2D eigenvalue weighted by atomic mass is 16.1.